The zero-order chi connectivity index (χ0) is 13.1. The molecule has 1 atom stereocenters. The second kappa shape index (κ2) is 5.65. The van der Waals surface area contributed by atoms with Gasteiger partial charge in [0.25, 0.3) is 0 Å². The number of hydrazine groups is 1. The lowest BCUT2D eigenvalue weighted by molar-refractivity contribution is 0.418. The van der Waals surface area contributed by atoms with Crippen LogP contribution in [0.1, 0.15) is 30.0 Å². The smallest absolute Gasteiger partial charge is 0.142 e. The fourth-order valence-electron chi connectivity index (χ4n) is 1.81. The minimum Gasteiger partial charge on any atom is -0.464 e. The maximum atomic E-state index is 14.0. The Bertz CT molecular complexity index is 542. The Balaban J connectivity index is 2.41. The Hall–Kier alpha value is -1.17. The average Bonchev–Trinajstić information content (AvgIpc) is 2.84. The fourth-order valence-corrected chi connectivity index (χ4v) is 2.19. The van der Waals surface area contributed by atoms with Crippen LogP contribution >= 0.6 is 15.9 Å². The number of nitrogens with two attached hydrogens (primary N) is 1. The van der Waals surface area contributed by atoms with Crippen LogP contribution in [-0.2, 0) is 6.42 Å². The number of halogens is 2. The summed E-state index contributed by atoms with van der Waals surface area (Å²) in [5, 5.41) is 0. The molecule has 0 amide bonds. The van der Waals surface area contributed by atoms with Gasteiger partial charge in [0.15, 0.2) is 0 Å². The van der Waals surface area contributed by atoms with E-state index in [2.05, 4.69) is 21.4 Å². The number of rotatable bonds is 4. The maximum absolute atomic E-state index is 14.0. The fraction of sp³-hybridized carbons (Fsp3) is 0.231. The van der Waals surface area contributed by atoms with Gasteiger partial charge in [0.1, 0.15) is 23.4 Å². The number of hydrogen-bond donors (Lipinski definition) is 2. The summed E-state index contributed by atoms with van der Waals surface area (Å²) in [7, 11) is 0. The van der Waals surface area contributed by atoms with Crippen molar-refractivity contribution in [3.05, 3.63) is 57.7 Å². The summed E-state index contributed by atoms with van der Waals surface area (Å²) in [6.45, 7) is 1.99. The van der Waals surface area contributed by atoms with Crippen LogP contribution in [0.2, 0.25) is 0 Å². The molecule has 0 spiro atoms. The molecule has 0 saturated heterocycles. The number of furan rings is 1. The molecular weight excluding hydrogens is 299 g/mol. The van der Waals surface area contributed by atoms with E-state index in [1.54, 1.807) is 18.2 Å². The first-order valence-electron chi connectivity index (χ1n) is 5.66. The predicted octanol–water partition coefficient (Wildman–Crippen LogP) is 3.30. The van der Waals surface area contributed by atoms with Crippen molar-refractivity contribution in [3.8, 4) is 0 Å². The lowest BCUT2D eigenvalue weighted by atomic mass is 10.0. The van der Waals surface area contributed by atoms with Gasteiger partial charge in [-0.3, -0.25) is 5.84 Å². The molecule has 0 aliphatic heterocycles. The largest absolute Gasteiger partial charge is 0.464 e. The first-order valence-corrected chi connectivity index (χ1v) is 6.45. The predicted molar refractivity (Wildman–Crippen MR) is 71.4 cm³/mol. The molecule has 0 fully saturated rings. The van der Waals surface area contributed by atoms with Crippen molar-refractivity contribution in [1.29, 1.82) is 0 Å². The van der Waals surface area contributed by atoms with Crippen molar-refractivity contribution in [2.45, 2.75) is 19.4 Å². The minimum absolute atomic E-state index is 0.338. The van der Waals surface area contributed by atoms with E-state index in [1.807, 2.05) is 19.1 Å². The number of hydrogen-bond acceptors (Lipinski definition) is 3. The van der Waals surface area contributed by atoms with Crippen molar-refractivity contribution in [2.24, 2.45) is 5.84 Å². The van der Waals surface area contributed by atoms with E-state index in [4.69, 9.17) is 10.3 Å². The van der Waals surface area contributed by atoms with Gasteiger partial charge < -0.3 is 4.42 Å². The molecule has 0 bridgehead atoms. The van der Waals surface area contributed by atoms with E-state index in [9.17, 15) is 4.39 Å². The summed E-state index contributed by atoms with van der Waals surface area (Å²) in [5.41, 5.74) is 3.03. The van der Waals surface area contributed by atoms with Crippen LogP contribution in [0.3, 0.4) is 0 Å². The lowest BCUT2D eigenvalue weighted by Gasteiger charge is -2.15. The Kier molecular flexibility index (Phi) is 4.16. The molecule has 1 aromatic heterocycles. The molecule has 3 nitrogen and oxygen atoms in total. The summed E-state index contributed by atoms with van der Waals surface area (Å²) in [5.74, 6) is 6.63. The molecule has 0 saturated carbocycles. The molecule has 2 rings (SSSR count). The third kappa shape index (κ3) is 2.48. The van der Waals surface area contributed by atoms with Crippen molar-refractivity contribution in [2.75, 3.05) is 0 Å². The van der Waals surface area contributed by atoms with E-state index in [-0.39, 0.29) is 5.82 Å². The Morgan fingerprint density at radius 2 is 2.17 bits per heavy atom. The molecule has 0 radical (unpaired) electrons. The molecule has 96 valence electrons. The second-order valence-corrected chi connectivity index (χ2v) is 4.75. The van der Waals surface area contributed by atoms with Crippen LogP contribution in [0.5, 0.6) is 0 Å². The maximum Gasteiger partial charge on any atom is 0.142 e. The summed E-state index contributed by atoms with van der Waals surface area (Å²) < 4.78 is 20.0. The van der Waals surface area contributed by atoms with Crippen LogP contribution < -0.4 is 11.3 Å². The molecule has 1 aromatic carbocycles. The highest BCUT2D eigenvalue weighted by Crippen LogP contribution is 2.28. The molecule has 0 aliphatic rings. The Morgan fingerprint density at radius 3 is 2.78 bits per heavy atom. The molecule has 0 aliphatic carbocycles. The van der Waals surface area contributed by atoms with E-state index in [0.717, 1.165) is 12.2 Å². The highest BCUT2D eigenvalue weighted by Gasteiger charge is 2.20. The van der Waals surface area contributed by atoms with E-state index < -0.39 is 6.04 Å². The van der Waals surface area contributed by atoms with Gasteiger partial charge in [-0.15, -0.1) is 0 Å². The van der Waals surface area contributed by atoms with Gasteiger partial charge in [0, 0.05) is 12.0 Å². The SMILES string of the molecule is CCc1ccc(C(NN)c2cccc(Br)c2F)o1. The molecule has 5 heteroatoms. The van der Waals surface area contributed by atoms with E-state index >= 15 is 0 Å². The first kappa shape index (κ1) is 13.3. The van der Waals surface area contributed by atoms with Gasteiger partial charge in [0.2, 0.25) is 0 Å². The monoisotopic (exact) mass is 312 g/mol. The van der Waals surface area contributed by atoms with Crippen molar-refractivity contribution in [3.63, 3.8) is 0 Å². The highest BCUT2D eigenvalue weighted by atomic mass is 79.9. The summed E-state index contributed by atoms with van der Waals surface area (Å²) in [6, 6.07) is 8.27. The average molecular weight is 313 g/mol. The lowest BCUT2D eigenvalue weighted by Crippen LogP contribution is -2.29. The van der Waals surface area contributed by atoms with Crippen LogP contribution in [0, 0.1) is 5.82 Å². The molecule has 2 aromatic rings. The Morgan fingerprint density at radius 1 is 1.39 bits per heavy atom. The van der Waals surface area contributed by atoms with Gasteiger partial charge in [-0.25, -0.2) is 9.82 Å². The van der Waals surface area contributed by atoms with Gasteiger partial charge in [-0.2, -0.15) is 0 Å². The van der Waals surface area contributed by atoms with Gasteiger partial charge in [0.05, 0.1) is 4.47 Å². The topological polar surface area (TPSA) is 51.2 Å². The number of nitrogens with one attached hydrogen (secondary N) is 1. The number of benzene rings is 1. The molecule has 1 heterocycles. The van der Waals surface area contributed by atoms with E-state index in [0.29, 0.717) is 15.8 Å². The molecule has 3 N–H and O–H groups in total. The third-order valence-corrected chi connectivity index (χ3v) is 3.39. The van der Waals surface area contributed by atoms with Crippen molar-refractivity contribution in [1.82, 2.24) is 5.43 Å². The van der Waals surface area contributed by atoms with Crippen LogP contribution in [0.25, 0.3) is 0 Å². The van der Waals surface area contributed by atoms with Gasteiger partial charge >= 0.3 is 0 Å². The van der Waals surface area contributed by atoms with Crippen LogP contribution in [-0.4, -0.2) is 0 Å². The van der Waals surface area contributed by atoms with E-state index in [1.165, 1.54) is 0 Å². The molecule has 18 heavy (non-hydrogen) atoms. The standard InChI is InChI=1S/C13H14BrFN2O/c1-2-8-6-7-11(18-8)13(17-16)9-4-3-5-10(14)12(9)15/h3-7,13,17H,2,16H2,1H3. The number of aryl methyl sites for hydroxylation is 1. The summed E-state index contributed by atoms with van der Waals surface area (Å²) in [4.78, 5) is 0. The summed E-state index contributed by atoms with van der Waals surface area (Å²) in [6.07, 6.45) is 0.790. The Labute approximate surface area is 113 Å². The normalized spacial score (nSPS) is 12.7. The van der Waals surface area contributed by atoms with Gasteiger partial charge in [-0.05, 0) is 34.1 Å². The quantitative estimate of drug-likeness (QED) is 0.673. The van der Waals surface area contributed by atoms with Crippen LogP contribution in [0.15, 0.2) is 39.2 Å². The highest BCUT2D eigenvalue weighted by molar-refractivity contribution is 9.10. The zero-order valence-electron chi connectivity index (χ0n) is 9.91. The molecular formula is C13H14BrFN2O. The van der Waals surface area contributed by atoms with Crippen molar-refractivity contribution >= 4 is 15.9 Å². The minimum atomic E-state index is -0.497. The second-order valence-electron chi connectivity index (χ2n) is 3.90. The van der Waals surface area contributed by atoms with Gasteiger partial charge in [-0.1, -0.05) is 19.1 Å². The summed E-state index contributed by atoms with van der Waals surface area (Å²) >= 11 is 3.16. The van der Waals surface area contributed by atoms with Crippen LogP contribution in [0.4, 0.5) is 4.39 Å². The molecule has 1 unspecified atom stereocenters. The first-order chi connectivity index (χ1) is 8.67. The zero-order valence-corrected chi connectivity index (χ0v) is 11.5. The van der Waals surface area contributed by atoms with Crippen molar-refractivity contribution < 1.29 is 8.81 Å². The third-order valence-electron chi connectivity index (χ3n) is 2.77.